The Morgan fingerprint density at radius 1 is 1.43 bits per heavy atom. The molecule has 0 fully saturated rings. The van der Waals surface area contributed by atoms with Gasteiger partial charge in [-0.3, -0.25) is 4.79 Å². The predicted octanol–water partition coefficient (Wildman–Crippen LogP) is 3.01. The largest absolute Gasteiger partial charge is 0.480 e. The Morgan fingerprint density at radius 2 is 2.22 bits per heavy atom. The molecule has 2 rings (SSSR count). The Kier molecular flexibility index (Phi) is 5.92. The van der Waals surface area contributed by atoms with E-state index in [2.05, 4.69) is 26.3 Å². The van der Waals surface area contributed by atoms with Crippen LogP contribution in [0.25, 0.3) is 5.69 Å². The number of unbranched alkanes of at least 4 members (excludes halogenated alkanes) is 1. The van der Waals surface area contributed by atoms with E-state index in [0.717, 1.165) is 23.0 Å². The van der Waals surface area contributed by atoms with Gasteiger partial charge in [-0.2, -0.15) is 5.10 Å². The lowest BCUT2D eigenvalue weighted by Gasteiger charge is -2.13. The molecule has 0 aliphatic rings. The van der Waals surface area contributed by atoms with Gasteiger partial charge in [-0.05, 0) is 24.6 Å². The number of benzene rings is 1. The molecule has 1 amide bonds. The molecule has 23 heavy (non-hydrogen) atoms. The van der Waals surface area contributed by atoms with Crippen molar-refractivity contribution in [1.82, 2.24) is 15.1 Å². The van der Waals surface area contributed by atoms with Gasteiger partial charge in [-0.15, -0.1) is 0 Å². The van der Waals surface area contributed by atoms with Crippen LogP contribution in [-0.2, 0) is 4.79 Å². The summed E-state index contributed by atoms with van der Waals surface area (Å²) >= 11 is 3.38. The Bertz CT molecular complexity index is 699. The number of carbonyl (C=O) groups is 2. The van der Waals surface area contributed by atoms with Crippen LogP contribution in [0.15, 0.2) is 41.1 Å². The molecule has 1 aromatic carbocycles. The second-order valence-electron chi connectivity index (χ2n) is 5.16. The van der Waals surface area contributed by atoms with E-state index in [1.807, 2.05) is 31.2 Å². The van der Waals surface area contributed by atoms with Crippen molar-refractivity contribution in [3.8, 4) is 5.69 Å². The molecule has 0 radical (unpaired) electrons. The van der Waals surface area contributed by atoms with Gasteiger partial charge in [-0.25, -0.2) is 9.48 Å². The van der Waals surface area contributed by atoms with E-state index in [-0.39, 0.29) is 0 Å². The molecule has 0 spiro atoms. The minimum atomic E-state index is -1.02. The van der Waals surface area contributed by atoms with Crippen molar-refractivity contribution in [2.24, 2.45) is 0 Å². The molecule has 1 atom stereocenters. The molecule has 1 aromatic heterocycles. The lowest BCUT2D eigenvalue weighted by Crippen LogP contribution is -2.40. The van der Waals surface area contributed by atoms with Crippen molar-refractivity contribution in [3.05, 3.63) is 46.7 Å². The predicted molar refractivity (Wildman–Crippen MR) is 89.7 cm³/mol. The number of nitrogens with zero attached hydrogens (tertiary/aromatic N) is 2. The van der Waals surface area contributed by atoms with Gasteiger partial charge in [0.1, 0.15) is 6.04 Å². The number of carboxylic acid groups (broad SMARTS) is 1. The molecule has 1 unspecified atom stereocenters. The molecule has 2 N–H and O–H groups in total. The number of aliphatic carboxylic acids is 1. The maximum absolute atomic E-state index is 12.2. The molecule has 0 bridgehead atoms. The number of hydrogen-bond donors (Lipinski definition) is 2. The van der Waals surface area contributed by atoms with E-state index in [4.69, 9.17) is 5.11 Å². The highest BCUT2D eigenvalue weighted by Gasteiger charge is 2.20. The maximum atomic E-state index is 12.2. The Labute approximate surface area is 142 Å². The number of carbonyl (C=O) groups excluding carboxylic acids is 1. The van der Waals surface area contributed by atoms with Crippen molar-refractivity contribution in [1.29, 1.82) is 0 Å². The second-order valence-corrected chi connectivity index (χ2v) is 6.08. The Morgan fingerprint density at radius 3 is 2.87 bits per heavy atom. The van der Waals surface area contributed by atoms with Crippen LogP contribution in [0.1, 0.15) is 36.5 Å². The molecular formula is C16H18BrN3O3. The first-order valence-electron chi connectivity index (χ1n) is 7.35. The summed E-state index contributed by atoms with van der Waals surface area (Å²) in [6.07, 6.45) is 5.04. The minimum absolute atomic E-state index is 0.327. The van der Waals surface area contributed by atoms with E-state index in [1.165, 1.54) is 6.20 Å². The van der Waals surface area contributed by atoms with Crippen molar-refractivity contribution >= 4 is 27.8 Å². The fourth-order valence-electron chi connectivity index (χ4n) is 2.11. The van der Waals surface area contributed by atoms with Gasteiger partial charge >= 0.3 is 5.97 Å². The fourth-order valence-corrected chi connectivity index (χ4v) is 2.49. The van der Waals surface area contributed by atoms with Crippen LogP contribution in [-0.4, -0.2) is 32.8 Å². The first-order chi connectivity index (χ1) is 11.0. The highest BCUT2D eigenvalue weighted by atomic mass is 79.9. The first kappa shape index (κ1) is 17.2. The summed E-state index contributed by atoms with van der Waals surface area (Å²) in [5.74, 6) is -1.46. The molecule has 0 aliphatic heterocycles. The van der Waals surface area contributed by atoms with Crippen molar-refractivity contribution < 1.29 is 14.7 Å². The van der Waals surface area contributed by atoms with Crippen molar-refractivity contribution in [2.45, 2.75) is 32.2 Å². The van der Waals surface area contributed by atoms with E-state index >= 15 is 0 Å². The molecule has 7 heteroatoms. The first-order valence-corrected chi connectivity index (χ1v) is 8.15. The number of hydrogen-bond acceptors (Lipinski definition) is 3. The summed E-state index contributed by atoms with van der Waals surface area (Å²) in [6.45, 7) is 1.97. The minimum Gasteiger partial charge on any atom is -0.480 e. The van der Waals surface area contributed by atoms with Crippen LogP contribution in [0.3, 0.4) is 0 Å². The van der Waals surface area contributed by atoms with Crippen LogP contribution in [0.5, 0.6) is 0 Å². The summed E-state index contributed by atoms with van der Waals surface area (Å²) in [6, 6.07) is 6.62. The fraction of sp³-hybridized carbons (Fsp3) is 0.312. The third-order valence-corrected chi connectivity index (χ3v) is 3.86. The average molecular weight is 380 g/mol. The Balaban J connectivity index is 2.10. The molecule has 0 saturated carbocycles. The lowest BCUT2D eigenvalue weighted by atomic mass is 10.1. The van der Waals surface area contributed by atoms with Gasteiger partial charge in [0.2, 0.25) is 0 Å². The topological polar surface area (TPSA) is 84.2 Å². The van der Waals surface area contributed by atoms with Gasteiger partial charge in [0.15, 0.2) is 0 Å². The summed E-state index contributed by atoms with van der Waals surface area (Å²) in [5, 5.41) is 15.9. The zero-order valence-electron chi connectivity index (χ0n) is 12.7. The summed E-state index contributed by atoms with van der Waals surface area (Å²) < 4.78 is 2.48. The van der Waals surface area contributed by atoms with Gasteiger partial charge in [0.05, 0.1) is 17.4 Å². The van der Waals surface area contributed by atoms with E-state index in [0.29, 0.717) is 12.0 Å². The molecule has 6 nitrogen and oxygen atoms in total. The molecule has 0 aliphatic carbocycles. The van der Waals surface area contributed by atoms with Gasteiger partial charge in [0, 0.05) is 10.7 Å². The molecular weight excluding hydrogens is 362 g/mol. The summed E-state index contributed by atoms with van der Waals surface area (Å²) in [4.78, 5) is 23.4. The summed E-state index contributed by atoms with van der Waals surface area (Å²) in [5.41, 5.74) is 1.13. The number of halogens is 1. The van der Waals surface area contributed by atoms with Crippen molar-refractivity contribution in [2.75, 3.05) is 0 Å². The van der Waals surface area contributed by atoms with Crippen LogP contribution >= 0.6 is 15.9 Å². The lowest BCUT2D eigenvalue weighted by molar-refractivity contribution is -0.139. The molecule has 2 aromatic rings. The van der Waals surface area contributed by atoms with Crippen LogP contribution < -0.4 is 5.32 Å². The smallest absolute Gasteiger partial charge is 0.326 e. The van der Waals surface area contributed by atoms with Gasteiger partial charge in [-0.1, -0.05) is 41.8 Å². The van der Waals surface area contributed by atoms with E-state index in [9.17, 15) is 9.59 Å². The molecule has 1 heterocycles. The SMILES string of the molecule is CCCCC(NC(=O)c1cnn(-c2cccc(Br)c2)c1)C(=O)O. The number of carboxylic acids is 1. The zero-order valence-corrected chi connectivity index (χ0v) is 14.3. The monoisotopic (exact) mass is 379 g/mol. The highest BCUT2D eigenvalue weighted by Crippen LogP contribution is 2.15. The number of nitrogens with one attached hydrogen (secondary N) is 1. The van der Waals surface area contributed by atoms with Gasteiger partial charge < -0.3 is 10.4 Å². The van der Waals surface area contributed by atoms with E-state index in [1.54, 1.807) is 10.9 Å². The van der Waals surface area contributed by atoms with Gasteiger partial charge in [0.25, 0.3) is 5.91 Å². The number of rotatable bonds is 7. The summed E-state index contributed by atoms with van der Waals surface area (Å²) in [7, 11) is 0. The second kappa shape index (κ2) is 7.92. The standard InChI is InChI=1S/C16H18BrN3O3/c1-2-3-7-14(16(22)23)19-15(21)11-9-18-20(10-11)13-6-4-5-12(17)8-13/h4-6,8-10,14H,2-3,7H2,1H3,(H,19,21)(H,22,23). The average Bonchev–Trinajstić information content (AvgIpc) is 3.01. The Hall–Kier alpha value is -2.15. The highest BCUT2D eigenvalue weighted by molar-refractivity contribution is 9.10. The van der Waals surface area contributed by atoms with E-state index < -0.39 is 17.9 Å². The quantitative estimate of drug-likeness (QED) is 0.774. The zero-order chi connectivity index (χ0) is 16.8. The van der Waals surface area contributed by atoms with Crippen LogP contribution in [0.4, 0.5) is 0 Å². The number of amides is 1. The van der Waals surface area contributed by atoms with Crippen LogP contribution in [0, 0.1) is 0 Å². The maximum Gasteiger partial charge on any atom is 0.326 e. The normalized spacial score (nSPS) is 11.9. The third-order valence-electron chi connectivity index (χ3n) is 3.37. The molecule has 0 saturated heterocycles. The third kappa shape index (κ3) is 4.66. The number of aromatic nitrogens is 2. The van der Waals surface area contributed by atoms with Crippen LogP contribution in [0.2, 0.25) is 0 Å². The van der Waals surface area contributed by atoms with Crippen molar-refractivity contribution in [3.63, 3.8) is 0 Å². The molecule has 122 valence electrons.